The highest BCUT2D eigenvalue weighted by Crippen LogP contribution is 2.26. The molecule has 0 aliphatic carbocycles. The smallest absolute Gasteiger partial charge is 0.259 e. The van der Waals surface area contributed by atoms with Crippen molar-refractivity contribution in [1.82, 2.24) is 15.1 Å². The maximum atomic E-state index is 5.21. The van der Waals surface area contributed by atoms with Crippen LogP contribution in [-0.2, 0) is 6.42 Å². The Morgan fingerprint density at radius 2 is 2.25 bits per heavy atom. The fourth-order valence-electron chi connectivity index (χ4n) is 1.56. The molecule has 2 aromatic heterocycles. The first kappa shape index (κ1) is 10.6. The Bertz CT molecular complexity index is 480. The van der Waals surface area contributed by atoms with E-state index in [1.165, 1.54) is 6.33 Å². The van der Waals surface area contributed by atoms with Crippen molar-refractivity contribution in [2.24, 2.45) is 0 Å². The molecule has 84 valence electrons. The number of nitrogens with zero attached hydrogens (tertiary/aromatic N) is 3. The zero-order valence-electron chi connectivity index (χ0n) is 9.52. The number of aryl methyl sites for hydroxylation is 2. The fraction of sp³-hybridized carbons (Fsp3) is 0.364. The van der Waals surface area contributed by atoms with E-state index < -0.39 is 0 Å². The first-order valence-corrected chi connectivity index (χ1v) is 5.07. The minimum absolute atomic E-state index is 0.488. The lowest BCUT2D eigenvalue weighted by Crippen LogP contribution is -1.98. The van der Waals surface area contributed by atoms with Crippen molar-refractivity contribution >= 4 is 0 Å². The van der Waals surface area contributed by atoms with Crippen LogP contribution < -0.4 is 4.74 Å². The molecule has 0 amide bonds. The fourth-order valence-corrected chi connectivity index (χ4v) is 1.56. The van der Waals surface area contributed by atoms with Gasteiger partial charge in [-0.25, -0.2) is 4.98 Å². The van der Waals surface area contributed by atoms with Crippen molar-refractivity contribution in [3.05, 3.63) is 23.7 Å². The van der Waals surface area contributed by atoms with Gasteiger partial charge in [0.05, 0.1) is 18.4 Å². The van der Waals surface area contributed by atoms with Crippen LogP contribution in [0.2, 0.25) is 0 Å². The average Bonchev–Trinajstić information content (AvgIpc) is 2.82. The SMILES string of the molecule is CCc1cc(-c2ncno2)c(C)nc1OC. The van der Waals surface area contributed by atoms with Crippen LogP contribution in [0.4, 0.5) is 0 Å². The molecule has 2 aromatic rings. The zero-order chi connectivity index (χ0) is 11.5. The predicted octanol–water partition coefficient (Wildman–Crippen LogP) is 2.01. The molecule has 0 N–H and O–H groups in total. The number of ether oxygens (including phenoxy) is 1. The number of methoxy groups -OCH3 is 1. The molecule has 0 bridgehead atoms. The van der Waals surface area contributed by atoms with Crippen LogP contribution >= 0.6 is 0 Å². The Hall–Kier alpha value is -1.91. The number of rotatable bonds is 3. The third-order valence-electron chi connectivity index (χ3n) is 2.42. The highest BCUT2D eigenvalue weighted by atomic mass is 16.5. The topological polar surface area (TPSA) is 61.0 Å². The summed E-state index contributed by atoms with van der Waals surface area (Å²) in [6.45, 7) is 3.94. The van der Waals surface area contributed by atoms with Gasteiger partial charge in [-0.3, -0.25) is 0 Å². The molecular weight excluding hydrogens is 206 g/mol. The van der Waals surface area contributed by atoms with E-state index in [1.54, 1.807) is 7.11 Å². The number of hydrogen-bond donors (Lipinski definition) is 0. The van der Waals surface area contributed by atoms with Crippen LogP contribution in [0.15, 0.2) is 16.9 Å². The molecule has 0 aromatic carbocycles. The summed E-state index contributed by atoms with van der Waals surface area (Å²) in [4.78, 5) is 8.39. The van der Waals surface area contributed by atoms with Gasteiger partial charge in [-0.15, -0.1) is 0 Å². The van der Waals surface area contributed by atoms with Crippen LogP contribution in [0, 0.1) is 6.92 Å². The Balaban J connectivity index is 2.55. The molecule has 0 saturated heterocycles. The van der Waals surface area contributed by atoms with Gasteiger partial charge in [-0.05, 0) is 19.4 Å². The van der Waals surface area contributed by atoms with Gasteiger partial charge < -0.3 is 9.26 Å². The summed E-state index contributed by atoms with van der Waals surface area (Å²) in [6.07, 6.45) is 2.22. The van der Waals surface area contributed by atoms with Crippen molar-refractivity contribution in [3.63, 3.8) is 0 Å². The molecule has 0 spiro atoms. The van der Waals surface area contributed by atoms with Gasteiger partial charge in [0.15, 0.2) is 6.33 Å². The Labute approximate surface area is 93.5 Å². The average molecular weight is 219 g/mol. The van der Waals surface area contributed by atoms with E-state index in [1.807, 2.05) is 19.9 Å². The number of aromatic nitrogens is 3. The van der Waals surface area contributed by atoms with Gasteiger partial charge in [0, 0.05) is 5.56 Å². The first-order valence-electron chi connectivity index (χ1n) is 5.07. The second kappa shape index (κ2) is 4.30. The van der Waals surface area contributed by atoms with Crippen molar-refractivity contribution in [3.8, 4) is 17.3 Å². The van der Waals surface area contributed by atoms with Crippen LogP contribution in [0.3, 0.4) is 0 Å². The lowest BCUT2D eigenvalue weighted by molar-refractivity contribution is 0.391. The quantitative estimate of drug-likeness (QED) is 0.790. The summed E-state index contributed by atoms with van der Waals surface area (Å²) in [5.41, 5.74) is 2.70. The summed E-state index contributed by atoms with van der Waals surface area (Å²) < 4.78 is 10.2. The summed E-state index contributed by atoms with van der Waals surface area (Å²) in [7, 11) is 1.62. The molecule has 0 unspecified atom stereocenters. The Morgan fingerprint density at radius 3 is 2.81 bits per heavy atom. The normalized spacial score (nSPS) is 10.4. The van der Waals surface area contributed by atoms with E-state index in [0.717, 1.165) is 23.2 Å². The van der Waals surface area contributed by atoms with Gasteiger partial charge in [0.25, 0.3) is 5.89 Å². The zero-order valence-corrected chi connectivity index (χ0v) is 9.52. The van der Waals surface area contributed by atoms with Crippen molar-refractivity contribution in [1.29, 1.82) is 0 Å². The number of pyridine rings is 1. The highest BCUT2D eigenvalue weighted by Gasteiger charge is 2.13. The Morgan fingerprint density at radius 1 is 1.44 bits per heavy atom. The highest BCUT2D eigenvalue weighted by molar-refractivity contribution is 5.58. The van der Waals surface area contributed by atoms with E-state index in [9.17, 15) is 0 Å². The van der Waals surface area contributed by atoms with E-state index in [2.05, 4.69) is 15.1 Å². The minimum atomic E-state index is 0.488. The second-order valence-corrected chi connectivity index (χ2v) is 3.39. The van der Waals surface area contributed by atoms with E-state index >= 15 is 0 Å². The van der Waals surface area contributed by atoms with Crippen molar-refractivity contribution in [2.45, 2.75) is 20.3 Å². The lowest BCUT2D eigenvalue weighted by Gasteiger charge is -2.08. The molecule has 0 fully saturated rings. The molecule has 0 atom stereocenters. The van der Waals surface area contributed by atoms with Gasteiger partial charge >= 0.3 is 0 Å². The van der Waals surface area contributed by atoms with Gasteiger partial charge in [-0.1, -0.05) is 12.1 Å². The molecule has 0 aliphatic rings. The van der Waals surface area contributed by atoms with E-state index in [4.69, 9.17) is 9.26 Å². The molecule has 5 heteroatoms. The minimum Gasteiger partial charge on any atom is -0.481 e. The van der Waals surface area contributed by atoms with Crippen molar-refractivity contribution in [2.75, 3.05) is 7.11 Å². The van der Waals surface area contributed by atoms with E-state index in [-0.39, 0.29) is 0 Å². The molecule has 0 saturated carbocycles. The predicted molar refractivity (Wildman–Crippen MR) is 58.2 cm³/mol. The third kappa shape index (κ3) is 1.76. The molecule has 0 radical (unpaired) electrons. The van der Waals surface area contributed by atoms with Crippen LogP contribution in [-0.4, -0.2) is 22.2 Å². The van der Waals surface area contributed by atoms with Crippen LogP contribution in [0.1, 0.15) is 18.2 Å². The largest absolute Gasteiger partial charge is 0.481 e. The van der Waals surface area contributed by atoms with Crippen LogP contribution in [0.25, 0.3) is 11.5 Å². The number of hydrogen-bond acceptors (Lipinski definition) is 5. The molecule has 2 heterocycles. The Kier molecular flexibility index (Phi) is 2.85. The lowest BCUT2D eigenvalue weighted by atomic mass is 10.1. The standard InChI is InChI=1S/C11H13N3O2/c1-4-8-5-9(11-12-6-13-16-11)7(2)14-10(8)15-3/h5-6H,4H2,1-3H3. The van der Waals surface area contributed by atoms with Gasteiger partial charge in [0.1, 0.15) is 0 Å². The summed E-state index contributed by atoms with van der Waals surface area (Å²) >= 11 is 0. The van der Waals surface area contributed by atoms with Crippen molar-refractivity contribution < 1.29 is 9.26 Å². The molecule has 5 nitrogen and oxygen atoms in total. The van der Waals surface area contributed by atoms with Crippen LogP contribution in [0.5, 0.6) is 5.88 Å². The summed E-state index contributed by atoms with van der Waals surface area (Å²) in [5, 5.41) is 3.59. The van der Waals surface area contributed by atoms with E-state index in [0.29, 0.717) is 11.8 Å². The van der Waals surface area contributed by atoms with Gasteiger partial charge in [-0.2, -0.15) is 4.98 Å². The summed E-state index contributed by atoms with van der Waals surface area (Å²) in [5.74, 6) is 1.14. The first-order chi connectivity index (χ1) is 7.76. The maximum Gasteiger partial charge on any atom is 0.259 e. The summed E-state index contributed by atoms with van der Waals surface area (Å²) in [6, 6.07) is 1.98. The third-order valence-corrected chi connectivity index (χ3v) is 2.42. The molecule has 16 heavy (non-hydrogen) atoms. The van der Waals surface area contributed by atoms with Gasteiger partial charge in [0.2, 0.25) is 5.88 Å². The molecular formula is C11H13N3O2. The maximum absolute atomic E-state index is 5.21. The second-order valence-electron chi connectivity index (χ2n) is 3.39. The monoisotopic (exact) mass is 219 g/mol. The molecule has 2 rings (SSSR count). The molecule has 0 aliphatic heterocycles.